The molecule has 1 heterocycles. The van der Waals surface area contributed by atoms with Crippen molar-refractivity contribution in [1.82, 2.24) is 0 Å². The highest BCUT2D eigenvalue weighted by Gasteiger charge is 2.27. The molecule has 0 aromatic carbocycles. The Morgan fingerprint density at radius 2 is 2.12 bits per heavy atom. The van der Waals surface area contributed by atoms with Crippen LogP contribution < -0.4 is 0 Å². The van der Waals surface area contributed by atoms with Gasteiger partial charge in [0.2, 0.25) is 0 Å². The second-order valence-corrected chi connectivity index (χ2v) is 2.84. The number of hydrogen-bond donors (Lipinski definition) is 0. The van der Waals surface area contributed by atoms with Gasteiger partial charge in [-0.25, -0.2) is 0 Å². The maximum Gasteiger partial charge on any atom is 0.0527 e. The van der Waals surface area contributed by atoms with Gasteiger partial charge in [0.1, 0.15) is 0 Å². The van der Waals surface area contributed by atoms with Crippen LogP contribution in [0.25, 0.3) is 0 Å². The average Bonchev–Trinajstić information content (AvgIpc) is 2.17. The van der Waals surface area contributed by atoms with E-state index in [4.69, 9.17) is 4.74 Å². The van der Waals surface area contributed by atoms with E-state index in [1.807, 2.05) is 0 Å². The standard InChI is InChI=1S/C7H13O/c1-5(2)4-7-6(3)8-7/h5-7H,3-4H2,1-2H3/q-1. The molecule has 0 radical (unpaired) electrons. The molecule has 48 valence electrons. The van der Waals surface area contributed by atoms with Gasteiger partial charge in [0, 0.05) is 0 Å². The van der Waals surface area contributed by atoms with Crippen molar-refractivity contribution < 1.29 is 4.74 Å². The summed E-state index contributed by atoms with van der Waals surface area (Å²) >= 11 is 0. The Bertz CT molecular complexity index is 78.5. The summed E-state index contributed by atoms with van der Waals surface area (Å²) in [6.45, 7) is 8.17. The fourth-order valence-electron chi connectivity index (χ4n) is 0.851. The van der Waals surface area contributed by atoms with Crippen molar-refractivity contribution in [3.8, 4) is 0 Å². The molecular formula is C7H13O-. The second kappa shape index (κ2) is 2.06. The summed E-state index contributed by atoms with van der Waals surface area (Å²) in [6.07, 6.45) is 1.96. The van der Waals surface area contributed by atoms with Crippen molar-refractivity contribution in [2.45, 2.75) is 32.5 Å². The Balaban J connectivity index is 2.05. The largest absolute Gasteiger partial charge is 0.405 e. The maximum atomic E-state index is 5.12. The zero-order valence-corrected chi connectivity index (χ0v) is 5.55. The van der Waals surface area contributed by atoms with Gasteiger partial charge in [-0.1, -0.05) is 13.8 Å². The normalized spacial score (nSPS) is 36.0. The first-order valence-electron chi connectivity index (χ1n) is 3.18. The van der Waals surface area contributed by atoms with E-state index < -0.39 is 0 Å². The van der Waals surface area contributed by atoms with E-state index in [1.165, 1.54) is 6.42 Å². The van der Waals surface area contributed by atoms with Gasteiger partial charge in [0.15, 0.2) is 0 Å². The lowest BCUT2D eigenvalue weighted by atomic mass is 10.1. The van der Waals surface area contributed by atoms with E-state index >= 15 is 0 Å². The molecule has 0 aliphatic carbocycles. The monoisotopic (exact) mass is 113 g/mol. The predicted molar refractivity (Wildman–Crippen MR) is 33.5 cm³/mol. The minimum absolute atomic E-state index is 0.303. The van der Waals surface area contributed by atoms with Gasteiger partial charge in [-0.2, -0.15) is 0 Å². The van der Waals surface area contributed by atoms with Crippen LogP contribution in [0.2, 0.25) is 0 Å². The molecule has 0 amide bonds. The fourth-order valence-corrected chi connectivity index (χ4v) is 0.851. The first kappa shape index (κ1) is 6.09. The third-order valence-corrected chi connectivity index (χ3v) is 1.39. The van der Waals surface area contributed by atoms with Crippen LogP contribution in [0, 0.1) is 12.8 Å². The molecule has 1 heteroatoms. The first-order valence-corrected chi connectivity index (χ1v) is 3.18. The van der Waals surface area contributed by atoms with Gasteiger partial charge >= 0.3 is 0 Å². The van der Waals surface area contributed by atoms with Gasteiger partial charge in [-0.05, 0) is 18.4 Å². The summed E-state index contributed by atoms with van der Waals surface area (Å²) < 4.78 is 5.12. The summed E-state index contributed by atoms with van der Waals surface area (Å²) in [5, 5.41) is 0. The van der Waals surface area contributed by atoms with Gasteiger partial charge in [-0.3, -0.25) is 0 Å². The summed E-state index contributed by atoms with van der Waals surface area (Å²) in [5.41, 5.74) is 0. The molecule has 1 nitrogen and oxygen atoms in total. The van der Waals surface area contributed by atoms with Crippen molar-refractivity contribution in [2.24, 2.45) is 5.92 Å². The number of epoxide rings is 1. The van der Waals surface area contributed by atoms with Crippen LogP contribution in [0.15, 0.2) is 0 Å². The van der Waals surface area contributed by atoms with Crippen LogP contribution >= 0.6 is 0 Å². The third kappa shape index (κ3) is 1.48. The molecule has 1 fully saturated rings. The SMILES string of the molecule is [CH2-]C1OC1CC(C)C. The van der Waals surface area contributed by atoms with Crippen LogP contribution in [0.3, 0.4) is 0 Å². The van der Waals surface area contributed by atoms with Crippen LogP contribution in [0.1, 0.15) is 20.3 Å². The highest BCUT2D eigenvalue weighted by Crippen LogP contribution is 2.26. The summed E-state index contributed by atoms with van der Waals surface area (Å²) in [5.74, 6) is 0.756. The van der Waals surface area contributed by atoms with Crippen LogP contribution in [0.5, 0.6) is 0 Å². The van der Waals surface area contributed by atoms with E-state index in [1.54, 1.807) is 0 Å². The highest BCUT2D eigenvalue weighted by atomic mass is 16.6. The lowest BCUT2D eigenvalue weighted by Crippen LogP contribution is -1.95. The Labute approximate surface area is 51.0 Å². The van der Waals surface area contributed by atoms with E-state index in [2.05, 4.69) is 20.8 Å². The molecule has 0 N–H and O–H groups in total. The molecule has 8 heavy (non-hydrogen) atoms. The highest BCUT2D eigenvalue weighted by molar-refractivity contribution is 4.86. The summed E-state index contributed by atoms with van der Waals surface area (Å²) in [6, 6.07) is 0. The minimum atomic E-state index is 0.303. The topological polar surface area (TPSA) is 12.5 Å². The number of rotatable bonds is 2. The zero-order chi connectivity index (χ0) is 6.15. The summed E-state index contributed by atoms with van der Waals surface area (Å²) in [7, 11) is 0. The molecule has 0 saturated carbocycles. The zero-order valence-electron chi connectivity index (χ0n) is 5.55. The average molecular weight is 113 g/mol. The van der Waals surface area contributed by atoms with Crippen LogP contribution in [0.4, 0.5) is 0 Å². The number of ether oxygens (including phenoxy) is 1. The number of hydrogen-bond acceptors (Lipinski definition) is 1. The van der Waals surface area contributed by atoms with Gasteiger partial charge < -0.3 is 11.7 Å². The molecule has 1 rings (SSSR count). The lowest BCUT2D eigenvalue weighted by Gasteiger charge is -1.98. The molecule has 1 aliphatic heterocycles. The minimum Gasteiger partial charge on any atom is -0.405 e. The predicted octanol–water partition coefficient (Wildman–Crippen LogP) is 1.63. The Morgan fingerprint density at radius 1 is 1.62 bits per heavy atom. The van der Waals surface area contributed by atoms with Crippen molar-refractivity contribution >= 4 is 0 Å². The molecule has 1 saturated heterocycles. The smallest absolute Gasteiger partial charge is 0.0527 e. The van der Waals surface area contributed by atoms with Crippen molar-refractivity contribution in [3.63, 3.8) is 0 Å². The van der Waals surface area contributed by atoms with Crippen molar-refractivity contribution in [2.75, 3.05) is 0 Å². The van der Waals surface area contributed by atoms with E-state index in [-0.39, 0.29) is 0 Å². The van der Waals surface area contributed by atoms with Crippen molar-refractivity contribution in [1.29, 1.82) is 0 Å². The molecule has 0 bridgehead atoms. The van der Waals surface area contributed by atoms with E-state index in [0.717, 1.165) is 5.92 Å². The Hall–Kier alpha value is -0.0400. The lowest BCUT2D eigenvalue weighted by molar-refractivity contribution is 0.358. The molecule has 1 aliphatic rings. The fraction of sp³-hybridized carbons (Fsp3) is 0.857. The van der Waals surface area contributed by atoms with E-state index in [9.17, 15) is 0 Å². The summed E-state index contributed by atoms with van der Waals surface area (Å²) in [4.78, 5) is 0. The molecular weight excluding hydrogens is 100 g/mol. The molecule has 2 atom stereocenters. The quantitative estimate of drug-likeness (QED) is 0.391. The first-order chi connectivity index (χ1) is 3.70. The molecule has 0 aromatic rings. The van der Waals surface area contributed by atoms with Crippen LogP contribution in [-0.4, -0.2) is 12.2 Å². The Morgan fingerprint density at radius 3 is 2.25 bits per heavy atom. The maximum absolute atomic E-state index is 5.12. The third-order valence-electron chi connectivity index (χ3n) is 1.39. The Kier molecular flexibility index (Phi) is 1.57. The van der Waals surface area contributed by atoms with Gasteiger partial charge in [0.05, 0.1) is 6.10 Å². The second-order valence-electron chi connectivity index (χ2n) is 2.84. The van der Waals surface area contributed by atoms with Gasteiger partial charge in [-0.15, -0.1) is 0 Å². The molecule has 2 unspecified atom stereocenters. The van der Waals surface area contributed by atoms with E-state index in [0.29, 0.717) is 12.2 Å². The molecule has 0 aromatic heterocycles. The van der Waals surface area contributed by atoms with Crippen molar-refractivity contribution in [3.05, 3.63) is 6.92 Å². The van der Waals surface area contributed by atoms with Crippen LogP contribution in [-0.2, 0) is 4.74 Å². The molecule has 0 spiro atoms. The van der Waals surface area contributed by atoms with Gasteiger partial charge in [0.25, 0.3) is 0 Å².